The molecule has 0 saturated heterocycles. The molecule has 0 radical (unpaired) electrons. The molecule has 1 heterocycles. The van der Waals surface area contributed by atoms with Crippen LogP contribution in [0.5, 0.6) is 11.5 Å². The Morgan fingerprint density at radius 2 is 1.97 bits per heavy atom. The van der Waals surface area contributed by atoms with E-state index in [4.69, 9.17) is 21.1 Å². The summed E-state index contributed by atoms with van der Waals surface area (Å²) in [7, 11) is 3.11. The highest BCUT2D eigenvalue weighted by Crippen LogP contribution is 2.29. The Balaban J connectivity index is 1.68. The van der Waals surface area contributed by atoms with E-state index in [1.807, 2.05) is 28.8 Å². The van der Waals surface area contributed by atoms with Crippen molar-refractivity contribution >= 4 is 35.0 Å². The first kappa shape index (κ1) is 22.7. The molecule has 0 saturated carbocycles. The Morgan fingerprint density at radius 3 is 2.65 bits per heavy atom. The number of aromatic nitrogens is 3. The van der Waals surface area contributed by atoms with Gasteiger partial charge in [0.25, 0.3) is 0 Å². The van der Waals surface area contributed by atoms with Gasteiger partial charge in [-0.25, -0.2) is 0 Å². The highest BCUT2D eigenvalue weighted by atomic mass is 35.5. The molecule has 0 unspecified atom stereocenters. The van der Waals surface area contributed by atoms with E-state index in [9.17, 15) is 4.79 Å². The minimum atomic E-state index is -0.191. The summed E-state index contributed by atoms with van der Waals surface area (Å²) in [5, 5.41) is 12.8. The summed E-state index contributed by atoms with van der Waals surface area (Å²) in [5.74, 6) is 1.94. The summed E-state index contributed by atoms with van der Waals surface area (Å²) in [6.45, 7) is 4.36. The zero-order valence-corrected chi connectivity index (χ0v) is 18.9. The average Bonchev–Trinajstić information content (AvgIpc) is 3.15. The van der Waals surface area contributed by atoms with E-state index in [1.54, 1.807) is 38.5 Å². The summed E-state index contributed by atoms with van der Waals surface area (Å²) in [6, 6.07) is 12.8. The van der Waals surface area contributed by atoms with Crippen LogP contribution in [0.1, 0.15) is 11.4 Å². The minimum Gasteiger partial charge on any atom is -0.497 e. The number of halogens is 1. The molecule has 31 heavy (non-hydrogen) atoms. The summed E-state index contributed by atoms with van der Waals surface area (Å²) in [5.41, 5.74) is 1.62. The van der Waals surface area contributed by atoms with Crippen LogP contribution in [0.25, 0.3) is 0 Å². The van der Waals surface area contributed by atoms with Crippen LogP contribution < -0.4 is 14.8 Å². The molecule has 0 bridgehead atoms. The monoisotopic (exact) mass is 458 g/mol. The molecule has 1 amide bonds. The Bertz CT molecular complexity index is 1050. The number of amides is 1. The van der Waals surface area contributed by atoms with E-state index in [2.05, 4.69) is 22.1 Å². The van der Waals surface area contributed by atoms with Gasteiger partial charge in [0, 0.05) is 24.1 Å². The second-order valence-corrected chi connectivity index (χ2v) is 7.88. The molecule has 7 nitrogen and oxygen atoms in total. The van der Waals surface area contributed by atoms with Crippen LogP contribution in [0.15, 0.2) is 60.3 Å². The van der Waals surface area contributed by atoms with Gasteiger partial charge < -0.3 is 19.4 Å². The van der Waals surface area contributed by atoms with Crippen molar-refractivity contribution in [1.82, 2.24) is 14.8 Å². The van der Waals surface area contributed by atoms with Crippen molar-refractivity contribution in [3.8, 4) is 11.5 Å². The third kappa shape index (κ3) is 6.02. The highest BCUT2D eigenvalue weighted by molar-refractivity contribution is 7.99. The highest BCUT2D eigenvalue weighted by Gasteiger charge is 2.15. The summed E-state index contributed by atoms with van der Waals surface area (Å²) in [6.07, 6.45) is 2.38. The molecule has 2 aromatic carbocycles. The van der Waals surface area contributed by atoms with E-state index in [0.717, 1.165) is 11.4 Å². The van der Waals surface area contributed by atoms with Crippen molar-refractivity contribution in [2.75, 3.05) is 25.3 Å². The number of carbonyl (C=O) groups excluding carboxylic acids is 1. The number of nitrogens with zero attached hydrogens (tertiary/aromatic N) is 3. The molecule has 0 atom stereocenters. The van der Waals surface area contributed by atoms with Gasteiger partial charge in [-0.3, -0.25) is 4.79 Å². The van der Waals surface area contributed by atoms with Gasteiger partial charge in [-0.1, -0.05) is 41.6 Å². The van der Waals surface area contributed by atoms with Gasteiger partial charge in [0.05, 0.1) is 25.7 Å². The Morgan fingerprint density at radius 1 is 1.19 bits per heavy atom. The number of anilines is 1. The van der Waals surface area contributed by atoms with E-state index < -0.39 is 0 Å². The summed E-state index contributed by atoms with van der Waals surface area (Å²) >= 11 is 7.27. The average molecular weight is 459 g/mol. The van der Waals surface area contributed by atoms with Gasteiger partial charge in [0.15, 0.2) is 5.16 Å². The fraction of sp³-hybridized carbons (Fsp3) is 0.227. The van der Waals surface area contributed by atoms with Crippen LogP contribution in [0.4, 0.5) is 5.69 Å². The second-order valence-electron chi connectivity index (χ2n) is 6.50. The maximum atomic E-state index is 12.5. The number of nitrogens with one attached hydrogen (secondary N) is 1. The van der Waals surface area contributed by atoms with Crippen molar-refractivity contribution in [3.05, 3.63) is 71.5 Å². The Hall–Kier alpha value is -2.97. The molecule has 0 fully saturated rings. The van der Waals surface area contributed by atoms with Crippen molar-refractivity contribution in [3.63, 3.8) is 0 Å². The number of methoxy groups -OCH3 is 2. The predicted octanol–water partition coefficient (Wildman–Crippen LogP) is 4.46. The topological polar surface area (TPSA) is 78.3 Å². The Kier molecular flexibility index (Phi) is 7.97. The first-order valence-electron chi connectivity index (χ1n) is 9.46. The normalized spacial score (nSPS) is 10.5. The largest absolute Gasteiger partial charge is 0.497 e. The number of benzene rings is 2. The van der Waals surface area contributed by atoms with Gasteiger partial charge in [-0.15, -0.1) is 16.8 Å². The van der Waals surface area contributed by atoms with Gasteiger partial charge in [0.2, 0.25) is 5.91 Å². The minimum absolute atomic E-state index is 0.163. The maximum absolute atomic E-state index is 12.5. The number of carbonyl (C=O) groups is 1. The predicted molar refractivity (Wildman–Crippen MR) is 123 cm³/mol. The molecule has 162 valence electrons. The van der Waals surface area contributed by atoms with Crippen LogP contribution in [0, 0.1) is 0 Å². The molecule has 0 aliphatic carbocycles. The van der Waals surface area contributed by atoms with E-state index >= 15 is 0 Å². The molecule has 1 aromatic heterocycles. The van der Waals surface area contributed by atoms with Crippen LogP contribution in [-0.2, 0) is 17.8 Å². The molecule has 3 aromatic rings. The van der Waals surface area contributed by atoms with Crippen molar-refractivity contribution in [2.24, 2.45) is 0 Å². The lowest BCUT2D eigenvalue weighted by atomic mass is 10.1. The van der Waals surface area contributed by atoms with Crippen LogP contribution in [0.3, 0.4) is 0 Å². The third-order valence-electron chi connectivity index (χ3n) is 4.39. The number of rotatable bonds is 10. The standard InChI is InChI=1S/C22H23ClN4O3S/c1-4-11-27-20(12-15-5-7-16(23)8-6-15)25-26-22(27)31-14-21(28)24-18-13-17(29-2)9-10-19(18)30-3/h4-10,13H,1,11-12,14H2,2-3H3,(H,24,28). The molecule has 0 aliphatic rings. The first-order chi connectivity index (χ1) is 15.0. The van der Waals surface area contributed by atoms with Crippen LogP contribution >= 0.6 is 23.4 Å². The van der Waals surface area contributed by atoms with Gasteiger partial charge in [-0.05, 0) is 29.8 Å². The lowest BCUT2D eigenvalue weighted by molar-refractivity contribution is -0.113. The number of thioether (sulfide) groups is 1. The quantitative estimate of drug-likeness (QED) is 0.357. The number of hydrogen-bond donors (Lipinski definition) is 1. The molecule has 3 rings (SSSR count). The lowest BCUT2D eigenvalue weighted by Gasteiger charge is -2.12. The maximum Gasteiger partial charge on any atom is 0.234 e. The summed E-state index contributed by atoms with van der Waals surface area (Å²) < 4.78 is 12.5. The molecule has 0 spiro atoms. The zero-order chi connectivity index (χ0) is 22.2. The van der Waals surface area contributed by atoms with Crippen LogP contribution in [0.2, 0.25) is 5.02 Å². The van der Waals surface area contributed by atoms with Crippen molar-refractivity contribution < 1.29 is 14.3 Å². The molecule has 0 aliphatic heterocycles. The smallest absolute Gasteiger partial charge is 0.234 e. The third-order valence-corrected chi connectivity index (χ3v) is 5.61. The SMILES string of the molecule is C=CCn1c(Cc2ccc(Cl)cc2)nnc1SCC(=O)Nc1cc(OC)ccc1OC. The number of allylic oxidation sites excluding steroid dienone is 1. The molecule has 9 heteroatoms. The fourth-order valence-electron chi connectivity index (χ4n) is 2.88. The van der Waals surface area contributed by atoms with Gasteiger partial charge >= 0.3 is 0 Å². The van der Waals surface area contributed by atoms with E-state index in [0.29, 0.717) is 40.3 Å². The number of ether oxygens (including phenoxy) is 2. The summed E-state index contributed by atoms with van der Waals surface area (Å²) in [4.78, 5) is 12.5. The van der Waals surface area contributed by atoms with Crippen molar-refractivity contribution in [2.45, 2.75) is 18.1 Å². The van der Waals surface area contributed by atoms with E-state index in [-0.39, 0.29) is 11.7 Å². The van der Waals surface area contributed by atoms with Gasteiger partial charge in [-0.2, -0.15) is 0 Å². The number of hydrogen-bond acceptors (Lipinski definition) is 6. The van der Waals surface area contributed by atoms with Crippen LogP contribution in [-0.4, -0.2) is 40.6 Å². The first-order valence-corrected chi connectivity index (χ1v) is 10.8. The second kappa shape index (κ2) is 10.9. The van der Waals surface area contributed by atoms with Gasteiger partial charge in [0.1, 0.15) is 17.3 Å². The molecular weight excluding hydrogens is 436 g/mol. The van der Waals surface area contributed by atoms with E-state index in [1.165, 1.54) is 11.8 Å². The van der Waals surface area contributed by atoms with Crippen molar-refractivity contribution in [1.29, 1.82) is 0 Å². The molecule has 1 N–H and O–H groups in total. The zero-order valence-electron chi connectivity index (χ0n) is 17.3. The fourth-order valence-corrected chi connectivity index (χ4v) is 3.77. The molecular formula is C22H23ClN4O3S. The lowest BCUT2D eigenvalue weighted by Crippen LogP contribution is -2.15. The Labute approximate surface area is 190 Å².